The van der Waals surface area contributed by atoms with Gasteiger partial charge in [-0.05, 0) is 40.5 Å². The molecule has 0 saturated heterocycles. The van der Waals surface area contributed by atoms with Crippen LogP contribution in [0.5, 0.6) is 0 Å². The fourth-order valence-electron chi connectivity index (χ4n) is 2.94. The van der Waals surface area contributed by atoms with Crippen LogP contribution in [0.15, 0.2) is 6.20 Å². The Morgan fingerprint density at radius 2 is 1.85 bits per heavy atom. The van der Waals surface area contributed by atoms with Gasteiger partial charge in [0, 0.05) is 18.2 Å². The lowest BCUT2D eigenvalue weighted by Crippen LogP contribution is -2.31. The van der Waals surface area contributed by atoms with E-state index in [2.05, 4.69) is 15.1 Å². The highest BCUT2D eigenvalue weighted by Gasteiger charge is 2.47. The molecule has 1 aliphatic carbocycles. The van der Waals surface area contributed by atoms with Crippen molar-refractivity contribution in [3.8, 4) is 0 Å². The molecule has 0 bridgehead atoms. The fourth-order valence-corrected chi connectivity index (χ4v) is 4.83. The van der Waals surface area contributed by atoms with E-state index in [-0.39, 0.29) is 30.5 Å². The second kappa shape index (κ2) is 7.35. The number of nitrogen functional groups attached to an aromatic ring is 2. The zero-order valence-electron chi connectivity index (χ0n) is 16.1. The quantitative estimate of drug-likeness (QED) is 0.428. The summed E-state index contributed by atoms with van der Waals surface area (Å²) in [5, 5.41) is 3.01. The highest BCUT2D eigenvalue weighted by atomic mass is 31.2. The molecule has 0 amide bonds. The topological polar surface area (TPSA) is 142 Å². The molecule has 2 aromatic rings. The van der Waals surface area contributed by atoms with Gasteiger partial charge in [0.2, 0.25) is 0 Å². The molecule has 10 nitrogen and oxygen atoms in total. The molecule has 0 unspecified atom stereocenters. The average molecular weight is 399 g/mol. The van der Waals surface area contributed by atoms with E-state index in [1.165, 1.54) is 0 Å². The van der Waals surface area contributed by atoms with Gasteiger partial charge in [0.05, 0.1) is 17.8 Å². The van der Waals surface area contributed by atoms with Crippen molar-refractivity contribution in [2.24, 2.45) is 0 Å². The summed E-state index contributed by atoms with van der Waals surface area (Å²) < 4.78 is 31.7. The number of hydrogen-bond acceptors (Lipinski definition) is 8. The van der Waals surface area contributed by atoms with Crippen molar-refractivity contribution in [1.29, 1.82) is 0 Å². The van der Waals surface area contributed by atoms with Crippen LogP contribution < -0.4 is 16.0 Å². The maximum absolute atomic E-state index is 13.0. The van der Waals surface area contributed by atoms with Crippen LogP contribution in [0.2, 0.25) is 0 Å². The Morgan fingerprint density at radius 3 is 2.41 bits per heavy atom. The van der Waals surface area contributed by atoms with Crippen molar-refractivity contribution >= 4 is 25.1 Å². The van der Waals surface area contributed by atoms with Crippen molar-refractivity contribution < 1.29 is 22.9 Å². The summed E-state index contributed by atoms with van der Waals surface area (Å²) in [7, 11) is -3.34. The Morgan fingerprint density at radius 1 is 1.22 bits per heavy atom. The molecule has 0 aromatic carbocycles. The van der Waals surface area contributed by atoms with E-state index in [1.54, 1.807) is 10.7 Å². The van der Waals surface area contributed by atoms with Gasteiger partial charge in [0.15, 0.2) is 0 Å². The SMILES string of the molecule is CC(C)OP(=O)(COC1(Cc2c[nH][n+]3c(N)nc(N)nc23)CC1)OC(C)C. The van der Waals surface area contributed by atoms with E-state index in [4.69, 9.17) is 25.3 Å². The molecule has 1 saturated carbocycles. The summed E-state index contributed by atoms with van der Waals surface area (Å²) in [5.74, 6) is 0.342. The van der Waals surface area contributed by atoms with Gasteiger partial charge < -0.3 is 25.3 Å². The number of nitrogens with two attached hydrogens (primary N) is 2. The third kappa shape index (κ3) is 4.76. The zero-order chi connectivity index (χ0) is 19.8. The van der Waals surface area contributed by atoms with E-state index < -0.39 is 13.2 Å². The summed E-state index contributed by atoms with van der Waals surface area (Å²) in [6.07, 6.45) is 3.56. The number of hydrogen-bond donors (Lipinski definition) is 3. The van der Waals surface area contributed by atoms with Crippen LogP contribution in [-0.4, -0.2) is 39.2 Å². The molecule has 3 rings (SSSR count). The Hall–Kier alpha value is -1.74. The normalized spacial score (nSPS) is 16.5. The molecule has 1 aliphatic rings. The van der Waals surface area contributed by atoms with Gasteiger partial charge in [-0.1, -0.05) is 9.97 Å². The molecule has 0 spiro atoms. The molecule has 150 valence electrons. The smallest absolute Gasteiger partial charge is 0.362 e. The Balaban J connectivity index is 1.73. The second-order valence-electron chi connectivity index (χ2n) is 7.45. The van der Waals surface area contributed by atoms with Gasteiger partial charge >= 0.3 is 19.5 Å². The molecule has 11 heteroatoms. The van der Waals surface area contributed by atoms with Crippen molar-refractivity contribution in [2.45, 2.75) is 64.8 Å². The van der Waals surface area contributed by atoms with Crippen LogP contribution in [0.1, 0.15) is 46.1 Å². The lowest BCUT2D eigenvalue weighted by atomic mass is 10.1. The maximum atomic E-state index is 13.0. The first-order chi connectivity index (χ1) is 12.6. The summed E-state index contributed by atoms with van der Waals surface area (Å²) in [5.41, 5.74) is 12.7. The molecular weight excluding hydrogens is 371 g/mol. The molecule has 27 heavy (non-hydrogen) atoms. The van der Waals surface area contributed by atoms with E-state index >= 15 is 0 Å². The number of fused-ring (bicyclic) bond motifs is 1. The van der Waals surface area contributed by atoms with Crippen LogP contribution in [0.4, 0.5) is 11.9 Å². The predicted octanol–water partition coefficient (Wildman–Crippen LogP) is 1.80. The predicted molar refractivity (Wildman–Crippen MR) is 100 cm³/mol. The third-order valence-electron chi connectivity index (χ3n) is 4.14. The number of aromatic nitrogens is 4. The van der Waals surface area contributed by atoms with Crippen molar-refractivity contribution in [2.75, 3.05) is 17.8 Å². The minimum Gasteiger partial charge on any atom is -0.362 e. The van der Waals surface area contributed by atoms with E-state index in [9.17, 15) is 4.57 Å². The monoisotopic (exact) mass is 399 g/mol. The number of rotatable bonds is 9. The molecule has 1 fully saturated rings. The third-order valence-corrected chi connectivity index (χ3v) is 6.07. The first kappa shape index (κ1) is 20.0. The largest absolute Gasteiger partial charge is 0.371 e. The Labute approximate surface area is 158 Å². The van der Waals surface area contributed by atoms with Crippen LogP contribution in [0.25, 0.3) is 5.65 Å². The van der Waals surface area contributed by atoms with Gasteiger partial charge in [-0.15, -0.1) is 4.52 Å². The van der Waals surface area contributed by atoms with Crippen LogP contribution >= 0.6 is 7.60 Å². The van der Waals surface area contributed by atoms with Gasteiger partial charge in [-0.25, -0.2) is 0 Å². The molecule has 0 aliphatic heterocycles. The lowest BCUT2D eigenvalue weighted by Gasteiger charge is -2.25. The minimum absolute atomic E-state index is 0.0852. The van der Waals surface area contributed by atoms with Crippen molar-refractivity contribution in [3.63, 3.8) is 0 Å². The standard InChI is InChI=1S/C16H27N6O4P/c1-10(2)25-27(23,26-11(3)4)9-24-16(5-6-16)7-12-8-19-22-13(12)20-14(17)21-15(22)18/h8,10-11H,5-7,9H2,1-4H3,(H4,17,18,19,20,21)/p+1. The number of anilines is 2. The number of ether oxygens (including phenoxy) is 1. The van der Waals surface area contributed by atoms with Crippen LogP contribution in [0.3, 0.4) is 0 Å². The van der Waals surface area contributed by atoms with Crippen LogP contribution in [-0.2, 0) is 24.8 Å². The molecule has 0 atom stereocenters. The molecule has 2 heterocycles. The fraction of sp³-hybridized carbons (Fsp3) is 0.688. The first-order valence-corrected chi connectivity index (χ1v) is 10.7. The zero-order valence-corrected chi connectivity index (χ0v) is 17.0. The van der Waals surface area contributed by atoms with Crippen molar-refractivity contribution in [3.05, 3.63) is 11.8 Å². The highest BCUT2D eigenvalue weighted by Crippen LogP contribution is 2.54. The van der Waals surface area contributed by atoms with Gasteiger partial charge in [0.25, 0.3) is 5.65 Å². The molecular formula is C16H28N6O4P+. The molecule has 2 aromatic heterocycles. The first-order valence-electron chi connectivity index (χ1n) is 9.02. The van der Waals surface area contributed by atoms with Gasteiger partial charge in [0.1, 0.15) is 6.35 Å². The average Bonchev–Trinajstić information content (AvgIpc) is 3.18. The Kier molecular flexibility index (Phi) is 5.45. The second-order valence-corrected chi connectivity index (χ2v) is 9.35. The molecule has 0 radical (unpaired) electrons. The maximum Gasteiger partial charge on any atom is 0.371 e. The number of nitrogens with zero attached hydrogens (tertiary/aromatic N) is 3. The summed E-state index contributed by atoms with van der Waals surface area (Å²) in [4.78, 5) is 8.18. The number of nitrogens with one attached hydrogen (secondary N) is 1. The van der Waals surface area contributed by atoms with E-state index in [0.29, 0.717) is 12.1 Å². The minimum atomic E-state index is -3.34. The number of H-pyrrole nitrogens is 1. The summed E-state index contributed by atoms with van der Waals surface area (Å²) in [6, 6.07) is 0. The summed E-state index contributed by atoms with van der Waals surface area (Å²) >= 11 is 0. The van der Waals surface area contributed by atoms with E-state index in [1.807, 2.05) is 27.7 Å². The van der Waals surface area contributed by atoms with Gasteiger partial charge in [-0.3, -0.25) is 9.66 Å². The Bertz CT molecular complexity index is 850. The van der Waals surface area contributed by atoms with Gasteiger partial charge in [-0.2, -0.15) is 0 Å². The van der Waals surface area contributed by atoms with Crippen molar-refractivity contribution in [1.82, 2.24) is 15.1 Å². The summed E-state index contributed by atoms with van der Waals surface area (Å²) in [6.45, 7) is 7.28. The van der Waals surface area contributed by atoms with Crippen LogP contribution in [0, 0.1) is 0 Å². The number of aromatic amines is 1. The lowest BCUT2D eigenvalue weighted by molar-refractivity contribution is -0.566. The molecule has 5 N–H and O–H groups in total. The highest BCUT2D eigenvalue weighted by molar-refractivity contribution is 7.53. The van der Waals surface area contributed by atoms with E-state index in [0.717, 1.165) is 18.4 Å².